The Hall–Kier alpha value is -4.13. The van der Waals surface area contributed by atoms with Crippen LogP contribution in [-0.4, -0.2) is 15.6 Å². The average Bonchev–Trinajstić information content (AvgIpc) is 3.24. The van der Waals surface area contributed by atoms with E-state index in [1.807, 2.05) is 67.6 Å². The Bertz CT molecular complexity index is 1850. The SMILES string of the molecule is Cc1nn(-c2ccc(Cl)cc2)c2c1[C@H](c1coc3ccc(Cl)cc3c1=O)N1C(=N2)C=Cc2ccccc21. The maximum absolute atomic E-state index is 14.0. The van der Waals surface area contributed by atoms with E-state index in [0.29, 0.717) is 38.2 Å². The highest BCUT2D eigenvalue weighted by Gasteiger charge is 2.39. The Morgan fingerprint density at radius 3 is 2.57 bits per heavy atom. The van der Waals surface area contributed by atoms with Gasteiger partial charge in [0.2, 0.25) is 0 Å². The first-order valence-corrected chi connectivity index (χ1v) is 12.5. The third-order valence-electron chi connectivity index (χ3n) is 6.82. The van der Waals surface area contributed by atoms with E-state index in [0.717, 1.165) is 28.2 Å². The summed E-state index contributed by atoms with van der Waals surface area (Å²) in [7, 11) is 0. The summed E-state index contributed by atoms with van der Waals surface area (Å²) >= 11 is 12.4. The summed E-state index contributed by atoms with van der Waals surface area (Å²) in [5, 5.41) is 6.39. The predicted octanol–water partition coefficient (Wildman–Crippen LogP) is 7.26. The number of para-hydroxylation sites is 1. The van der Waals surface area contributed by atoms with Gasteiger partial charge in [0.25, 0.3) is 0 Å². The van der Waals surface area contributed by atoms with Crippen molar-refractivity contribution in [1.82, 2.24) is 9.78 Å². The Balaban J connectivity index is 1.54. The zero-order valence-corrected chi connectivity index (χ0v) is 21.0. The van der Waals surface area contributed by atoms with Gasteiger partial charge in [-0.25, -0.2) is 9.67 Å². The van der Waals surface area contributed by atoms with E-state index in [9.17, 15) is 4.79 Å². The van der Waals surface area contributed by atoms with Crippen LogP contribution in [0.4, 0.5) is 11.5 Å². The minimum absolute atomic E-state index is 0.147. The van der Waals surface area contributed by atoms with Crippen LogP contribution in [0.2, 0.25) is 10.0 Å². The molecule has 1 atom stereocenters. The zero-order valence-electron chi connectivity index (χ0n) is 19.5. The maximum Gasteiger partial charge on any atom is 0.198 e. The fraction of sp³-hybridized carbons (Fsp3) is 0.0690. The molecule has 4 heterocycles. The van der Waals surface area contributed by atoms with Crippen LogP contribution in [0.5, 0.6) is 0 Å². The van der Waals surface area contributed by atoms with Gasteiger partial charge in [0, 0.05) is 15.6 Å². The molecule has 7 rings (SSSR count). The Morgan fingerprint density at radius 2 is 1.73 bits per heavy atom. The summed E-state index contributed by atoms with van der Waals surface area (Å²) in [4.78, 5) is 21.1. The van der Waals surface area contributed by atoms with Gasteiger partial charge in [0.05, 0.1) is 34.1 Å². The molecule has 0 spiro atoms. The number of anilines is 1. The maximum atomic E-state index is 14.0. The smallest absolute Gasteiger partial charge is 0.198 e. The number of aryl methyl sites for hydroxylation is 1. The quantitative estimate of drug-likeness (QED) is 0.243. The number of amidine groups is 1. The minimum atomic E-state index is -0.519. The van der Waals surface area contributed by atoms with Crippen LogP contribution in [0.25, 0.3) is 22.7 Å². The molecule has 0 aliphatic carbocycles. The third kappa shape index (κ3) is 3.37. The van der Waals surface area contributed by atoms with E-state index in [2.05, 4.69) is 4.90 Å². The van der Waals surface area contributed by atoms with Crippen molar-refractivity contribution in [3.63, 3.8) is 0 Å². The largest absolute Gasteiger partial charge is 0.464 e. The number of nitrogens with zero attached hydrogens (tertiary/aromatic N) is 4. The Morgan fingerprint density at radius 1 is 0.946 bits per heavy atom. The monoisotopic (exact) mass is 524 g/mol. The van der Waals surface area contributed by atoms with Crippen LogP contribution >= 0.6 is 23.2 Å². The van der Waals surface area contributed by atoms with Gasteiger partial charge >= 0.3 is 0 Å². The van der Waals surface area contributed by atoms with Crippen molar-refractivity contribution in [3.8, 4) is 5.69 Å². The summed E-state index contributed by atoms with van der Waals surface area (Å²) in [5.74, 6) is 1.36. The van der Waals surface area contributed by atoms with Crippen molar-refractivity contribution in [1.29, 1.82) is 0 Å². The van der Waals surface area contributed by atoms with Crippen LogP contribution in [0, 0.1) is 6.92 Å². The van der Waals surface area contributed by atoms with Crippen molar-refractivity contribution < 1.29 is 4.42 Å². The van der Waals surface area contributed by atoms with Gasteiger partial charge in [-0.1, -0.05) is 41.4 Å². The molecular weight excluding hydrogens is 507 g/mol. The van der Waals surface area contributed by atoms with Crippen LogP contribution < -0.4 is 10.3 Å². The summed E-state index contributed by atoms with van der Waals surface area (Å²) in [6.45, 7) is 1.93. The highest BCUT2D eigenvalue weighted by atomic mass is 35.5. The molecular formula is C29H18Cl2N4O2. The molecule has 0 saturated carbocycles. The first kappa shape index (κ1) is 22.1. The number of aliphatic imine (C=N–C) groups is 1. The fourth-order valence-electron chi connectivity index (χ4n) is 5.13. The highest BCUT2D eigenvalue weighted by Crippen LogP contribution is 2.46. The summed E-state index contributed by atoms with van der Waals surface area (Å²) in [6, 6.07) is 20.0. The number of benzene rings is 3. The van der Waals surface area contributed by atoms with Crippen LogP contribution in [0.1, 0.15) is 28.4 Å². The lowest BCUT2D eigenvalue weighted by Gasteiger charge is -2.38. The van der Waals surface area contributed by atoms with Crippen LogP contribution in [0.15, 0.2) is 93.3 Å². The lowest BCUT2D eigenvalue weighted by Crippen LogP contribution is -2.40. The molecule has 180 valence electrons. The van der Waals surface area contributed by atoms with Crippen LogP contribution in [-0.2, 0) is 0 Å². The molecule has 3 aromatic carbocycles. The van der Waals surface area contributed by atoms with E-state index in [1.54, 1.807) is 29.1 Å². The van der Waals surface area contributed by atoms with Gasteiger partial charge in [-0.2, -0.15) is 5.10 Å². The Kier molecular flexibility index (Phi) is 4.90. The van der Waals surface area contributed by atoms with E-state index >= 15 is 0 Å². The number of rotatable bonds is 2. The molecule has 0 N–H and O–H groups in total. The molecule has 5 aromatic rings. The topological polar surface area (TPSA) is 63.6 Å². The number of hydrogen-bond donors (Lipinski definition) is 0. The first-order chi connectivity index (χ1) is 18.0. The second-order valence-electron chi connectivity index (χ2n) is 9.01. The number of halogens is 2. The lowest BCUT2D eigenvalue weighted by atomic mass is 9.92. The summed E-state index contributed by atoms with van der Waals surface area (Å²) in [6.07, 6.45) is 5.55. The van der Waals surface area contributed by atoms with Gasteiger partial charge in [-0.15, -0.1) is 0 Å². The van der Waals surface area contributed by atoms with Crippen molar-refractivity contribution in [2.75, 3.05) is 4.90 Å². The number of fused-ring (bicyclic) bond motifs is 5. The van der Waals surface area contributed by atoms with Gasteiger partial charge in [-0.3, -0.25) is 4.79 Å². The van der Waals surface area contributed by atoms with E-state index in [4.69, 9.17) is 37.7 Å². The normalized spacial score (nSPS) is 15.8. The minimum Gasteiger partial charge on any atom is -0.464 e. The van der Waals surface area contributed by atoms with Crippen LogP contribution in [0.3, 0.4) is 0 Å². The molecule has 0 unspecified atom stereocenters. The molecule has 6 nitrogen and oxygen atoms in total. The molecule has 0 saturated heterocycles. The molecule has 0 amide bonds. The molecule has 8 heteroatoms. The molecule has 2 aliphatic rings. The Labute approximate surface area is 221 Å². The second-order valence-corrected chi connectivity index (χ2v) is 9.88. The number of aromatic nitrogens is 2. The molecule has 2 aliphatic heterocycles. The summed E-state index contributed by atoms with van der Waals surface area (Å²) in [5.41, 5.74) is 5.21. The van der Waals surface area contributed by atoms with Crippen molar-refractivity contribution in [2.45, 2.75) is 13.0 Å². The fourth-order valence-corrected chi connectivity index (χ4v) is 5.43. The lowest BCUT2D eigenvalue weighted by molar-refractivity contribution is 0.585. The van der Waals surface area contributed by atoms with Crippen molar-refractivity contribution in [3.05, 3.63) is 122 Å². The summed E-state index contributed by atoms with van der Waals surface area (Å²) < 4.78 is 7.77. The molecule has 0 fully saturated rings. The van der Waals surface area contributed by atoms with E-state index in [-0.39, 0.29) is 5.43 Å². The van der Waals surface area contributed by atoms with Gasteiger partial charge in [-0.05, 0) is 73.2 Å². The van der Waals surface area contributed by atoms with Gasteiger partial charge in [0.15, 0.2) is 11.2 Å². The van der Waals surface area contributed by atoms with Crippen molar-refractivity contribution in [2.24, 2.45) is 4.99 Å². The van der Waals surface area contributed by atoms with Gasteiger partial charge < -0.3 is 9.32 Å². The second kappa shape index (κ2) is 8.20. The molecule has 0 bridgehead atoms. The average molecular weight is 525 g/mol. The third-order valence-corrected chi connectivity index (χ3v) is 7.30. The first-order valence-electron chi connectivity index (χ1n) is 11.7. The van der Waals surface area contributed by atoms with E-state index in [1.165, 1.54) is 0 Å². The molecule has 0 radical (unpaired) electrons. The predicted molar refractivity (Wildman–Crippen MR) is 148 cm³/mol. The number of hydrogen-bond acceptors (Lipinski definition) is 5. The van der Waals surface area contributed by atoms with Crippen molar-refractivity contribution >= 4 is 57.6 Å². The zero-order chi connectivity index (χ0) is 25.3. The molecule has 2 aromatic heterocycles. The van der Waals surface area contributed by atoms with Gasteiger partial charge in [0.1, 0.15) is 17.7 Å². The highest BCUT2D eigenvalue weighted by molar-refractivity contribution is 6.31. The standard InChI is InChI=1S/C29H18Cl2N4O2/c1-16-26-27(22-15-37-24-12-9-19(31)14-21(24)28(22)36)34-23-5-3-2-4-17(23)6-13-25(34)32-29(26)35(33-16)20-10-7-18(30)8-11-20/h2-15,27H,1H3/t27-/m0/s1. The molecule has 37 heavy (non-hydrogen) atoms. The van der Waals surface area contributed by atoms with E-state index < -0.39 is 6.04 Å².